The maximum Gasteiger partial charge on any atom is 0.223 e. The van der Waals surface area contributed by atoms with Crippen LogP contribution in [-0.2, 0) is 0 Å². The second-order valence-electron chi connectivity index (χ2n) is 3.13. The van der Waals surface area contributed by atoms with E-state index in [1.807, 2.05) is 24.3 Å². The van der Waals surface area contributed by atoms with Gasteiger partial charge >= 0.3 is 0 Å². The molecule has 0 aliphatic heterocycles. The molecule has 0 saturated heterocycles. The van der Waals surface area contributed by atoms with Crippen LogP contribution in [0.3, 0.4) is 0 Å². The van der Waals surface area contributed by atoms with Crippen molar-refractivity contribution >= 4 is 33.6 Å². The minimum Gasteiger partial charge on any atom is -0.357 e. The van der Waals surface area contributed by atoms with E-state index < -0.39 is 5.82 Å². The second kappa shape index (κ2) is 5.46. The monoisotopic (exact) mass is 313 g/mol. The molecule has 17 heavy (non-hydrogen) atoms. The number of hydrogen-bond donors (Lipinski definition) is 1. The highest BCUT2D eigenvalue weighted by Crippen LogP contribution is 2.33. The third kappa shape index (κ3) is 2.95. The van der Waals surface area contributed by atoms with Gasteiger partial charge in [0.25, 0.3) is 0 Å². The van der Waals surface area contributed by atoms with Crippen LogP contribution in [0.15, 0.2) is 44.9 Å². The molecule has 3 nitrogen and oxygen atoms in total. The molecule has 0 aliphatic rings. The summed E-state index contributed by atoms with van der Waals surface area (Å²) in [5, 5.41) is 3.08. The smallest absolute Gasteiger partial charge is 0.223 e. The molecular weight excluding hydrogens is 305 g/mol. The van der Waals surface area contributed by atoms with Gasteiger partial charge in [0.15, 0.2) is 5.82 Å². The lowest BCUT2D eigenvalue weighted by Crippen LogP contribution is -1.98. The lowest BCUT2D eigenvalue weighted by atomic mass is 10.4. The molecule has 2 aromatic rings. The summed E-state index contributed by atoms with van der Waals surface area (Å²) < 4.78 is 14.4. The Morgan fingerprint density at radius 3 is 2.82 bits per heavy atom. The van der Waals surface area contributed by atoms with E-state index in [0.717, 1.165) is 15.6 Å². The third-order valence-electron chi connectivity index (χ3n) is 1.98. The summed E-state index contributed by atoms with van der Waals surface area (Å²) >= 11 is 4.67. The van der Waals surface area contributed by atoms with E-state index in [9.17, 15) is 4.39 Å². The van der Waals surface area contributed by atoms with E-state index >= 15 is 0 Å². The molecule has 0 atom stereocenters. The maximum atomic E-state index is 13.5. The number of benzene rings is 1. The van der Waals surface area contributed by atoms with E-state index in [1.165, 1.54) is 11.8 Å². The van der Waals surface area contributed by atoms with Crippen LogP contribution in [0.25, 0.3) is 0 Å². The zero-order chi connectivity index (χ0) is 12.3. The van der Waals surface area contributed by atoms with E-state index in [1.54, 1.807) is 7.05 Å². The Bertz CT molecular complexity index is 536. The van der Waals surface area contributed by atoms with Crippen molar-refractivity contribution in [3.05, 3.63) is 40.8 Å². The minimum absolute atomic E-state index is 0.302. The maximum absolute atomic E-state index is 13.5. The lowest BCUT2D eigenvalue weighted by molar-refractivity contribution is 0.580. The van der Waals surface area contributed by atoms with Crippen molar-refractivity contribution in [1.29, 1.82) is 0 Å². The summed E-state index contributed by atoms with van der Waals surface area (Å²) in [7, 11) is 1.69. The Kier molecular flexibility index (Phi) is 3.96. The molecule has 1 N–H and O–H groups in total. The topological polar surface area (TPSA) is 37.8 Å². The number of rotatable bonds is 3. The number of nitrogens with zero attached hydrogens (tertiary/aromatic N) is 2. The number of hydrogen-bond acceptors (Lipinski definition) is 4. The molecule has 0 fully saturated rings. The average molecular weight is 314 g/mol. The van der Waals surface area contributed by atoms with Crippen molar-refractivity contribution in [3.63, 3.8) is 0 Å². The van der Waals surface area contributed by atoms with Crippen molar-refractivity contribution in [2.45, 2.75) is 9.92 Å². The first-order valence-corrected chi connectivity index (χ1v) is 6.44. The lowest BCUT2D eigenvalue weighted by Gasteiger charge is -2.05. The second-order valence-corrected chi connectivity index (χ2v) is 5.01. The molecule has 0 aliphatic carbocycles. The molecule has 0 bridgehead atoms. The number of halogens is 2. The number of aromatic nitrogens is 2. The Hall–Kier alpha value is -1.14. The first kappa shape index (κ1) is 12.3. The first-order valence-electron chi connectivity index (χ1n) is 4.83. The van der Waals surface area contributed by atoms with Crippen LogP contribution in [0.5, 0.6) is 0 Å². The largest absolute Gasteiger partial charge is 0.357 e. The van der Waals surface area contributed by atoms with Gasteiger partial charge in [0.2, 0.25) is 5.95 Å². The van der Waals surface area contributed by atoms with Crippen LogP contribution >= 0.6 is 27.7 Å². The van der Waals surface area contributed by atoms with Gasteiger partial charge in [-0.1, -0.05) is 23.9 Å². The SMILES string of the molecule is CNc1ncc(F)c(Sc2ccccc2Br)n1. The number of nitrogens with one attached hydrogen (secondary N) is 1. The molecule has 1 aromatic heterocycles. The summed E-state index contributed by atoms with van der Waals surface area (Å²) in [6, 6.07) is 7.60. The van der Waals surface area contributed by atoms with Crippen LogP contribution in [-0.4, -0.2) is 17.0 Å². The summed E-state index contributed by atoms with van der Waals surface area (Å²) in [4.78, 5) is 8.78. The zero-order valence-electron chi connectivity index (χ0n) is 8.95. The molecule has 6 heteroatoms. The molecule has 0 radical (unpaired) electrons. The van der Waals surface area contributed by atoms with Crippen LogP contribution in [0.2, 0.25) is 0 Å². The van der Waals surface area contributed by atoms with E-state index in [-0.39, 0.29) is 0 Å². The molecular formula is C11H9BrFN3S. The zero-order valence-corrected chi connectivity index (χ0v) is 11.3. The van der Waals surface area contributed by atoms with Gasteiger partial charge in [-0.15, -0.1) is 0 Å². The van der Waals surface area contributed by atoms with Crippen molar-refractivity contribution in [2.75, 3.05) is 12.4 Å². The van der Waals surface area contributed by atoms with Crippen LogP contribution in [0, 0.1) is 5.82 Å². The van der Waals surface area contributed by atoms with Gasteiger partial charge in [-0.25, -0.2) is 14.4 Å². The highest BCUT2D eigenvalue weighted by Gasteiger charge is 2.09. The van der Waals surface area contributed by atoms with Gasteiger partial charge in [-0.05, 0) is 28.1 Å². The van der Waals surface area contributed by atoms with Gasteiger partial charge in [-0.3, -0.25) is 0 Å². The standard InChI is InChI=1S/C11H9BrFN3S/c1-14-11-15-6-8(13)10(16-11)17-9-5-3-2-4-7(9)12/h2-6H,1H3,(H,14,15,16). The highest BCUT2D eigenvalue weighted by atomic mass is 79.9. The Labute approximate surface area is 111 Å². The fourth-order valence-corrected chi connectivity index (χ4v) is 2.51. The van der Waals surface area contributed by atoms with Crippen molar-refractivity contribution in [1.82, 2.24) is 9.97 Å². The highest BCUT2D eigenvalue weighted by molar-refractivity contribution is 9.10. The molecule has 88 valence electrons. The Balaban J connectivity index is 2.32. The van der Waals surface area contributed by atoms with E-state index in [2.05, 4.69) is 31.2 Å². The van der Waals surface area contributed by atoms with Gasteiger partial charge in [-0.2, -0.15) is 0 Å². The predicted octanol–water partition coefficient (Wildman–Crippen LogP) is 3.57. The van der Waals surface area contributed by atoms with Crippen LogP contribution in [0.4, 0.5) is 10.3 Å². The normalized spacial score (nSPS) is 10.3. The Morgan fingerprint density at radius 1 is 1.35 bits per heavy atom. The van der Waals surface area contributed by atoms with Crippen molar-refractivity contribution in [3.8, 4) is 0 Å². The molecule has 1 heterocycles. The van der Waals surface area contributed by atoms with Gasteiger partial charge < -0.3 is 5.32 Å². The fraction of sp³-hybridized carbons (Fsp3) is 0.0909. The average Bonchev–Trinajstić information content (AvgIpc) is 2.35. The van der Waals surface area contributed by atoms with Crippen molar-refractivity contribution < 1.29 is 4.39 Å². The van der Waals surface area contributed by atoms with Crippen molar-refractivity contribution in [2.24, 2.45) is 0 Å². The summed E-state index contributed by atoms with van der Waals surface area (Å²) in [5.41, 5.74) is 0. The molecule has 0 saturated carbocycles. The molecule has 2 rings (SSSR count). The van der Waals surface area contributed by atoms with E-state index in [0.29, 0.717) is 11.0 Å². The quantitative estimate of drug-likeness (QED) is 0.879. The van der Waals surface area contributed by atoms with E-state index in [4.69, 9.17) is 0 Å². The minimum atomic E-state index is -0.426. The summed E-state index contributed by atoms with van der Waals surface area (Å²) in [6.45, 7) is 0. The molecule has 0 spiro atoms. The van der Waals surface area contributed by atoms with Crippen LogP contribution in [0.1, 0.15) is 0 Å². The van der Waals surface area contributed by atoms with Crippen LogP contribution < -0.4 is 5.32 Å². The molecule has 1 aromatic carbocycles. The van der Waals surface area contributed by atoms with Gasteiger partial charge in [0.05, 0.1) is 6.20 Å². The van der Waals surface area contributed by atoms with Gasteiger partial charge in [0, 0.05) is 16.4 Å². The summed E-state index contributed by atoms with van der Waals surface area (Å²) in [6.07, 6.45) is 1.16. The molecule has 0 amide bonds. The first-order chi connectivity index (χ1) is 8.20. The number of anilines is 1. The summed E-state index contributed by atoms with van der Waals surface area (Å²) in [5.74, 6) is -0.0225. The fourth-order valence-electron chi connectivity index (χ4n) is 1.18. The molecule has 0 unspecified atom stereocenters. The van der Waals surface area contributed by atoms with Gasteiger partial charge in [0.1, 0.15) is 5.03 Å². The predicted molar refractivity (Wildman–Crippen MR) is 69.8 cm³/mol. The Morgan fingerprint density at radius 2 is 2.12 bits per heavy atom. The third-order valence-corrected chi connectivity index (χ3v) is 3.99.